The maximum absolute atomic E-state index is 13.0. The molecule has 158 valence electrons. The molecule has 1 atom stereocenters. The molecule has 5 heteroatoms. The monoisotopic (exact) mass is 415 g/mol. The molecule has 1 amide bonds. The number of hydrogen-bond acceptors (Lipinski definition) is 4. The van der Waals surface area contributed by atoms with Gasteiger partial charge in [0, 0.05) is 5.56 Å². The third-order valence-corrected chi connectivity index (χ3v) is 5.59. The highest BCUT2D eigenvalue weighted by Gasteiger charge is 2.46. The molecule has 0 saturated carbocycles. The lowest BCUT2D eigenvalue weighted by atomic mass is 9.85. The zero-order chi connectivity index (χ0) is 22.2. The van der Waals surface area contributed by atoms with E-state index < -0.39 is 17.7 Å². The molecule has 0 bridgehead atoms. The first-order valence-electron chi connectivity index (χ1n) is 10.2. The third kappa shape index (κ3) is 3.91. The summed E-state index contributed by atoms with van der Waals surface area (Å²) in [5.41, 5.74) is 2.46. The minimum absolute atomic E-state index is 0.0292. The highest BCUT2D eigenvalue weighted by Crippen LogP contribution is 2.40. The van der Waals surface area contributed by atoms with Crippen molar-refractivity contribution in [1.82, 2.24) is 4.90 Å². The second-order valence-electron chi connectivity index (χ2n) is 8.74. The Balaban J connectivity index is 1.85. The molecule has 1 aromatic heterocycles. The van der Waals surface area contributed by atoms with E-state index in [1.807, 2.05) is 30.3 Å². The molecular weight excluding hydrogens is 390 g/mol. The maximum Gasteiger partial charge on any atom is 0.296 e. The van der Waals surface area contributed by atoms with Gasteiger partial charge in [-0.15, -0.1) is 0 Å². The molecule has 0 spiro atoms. The average molecular weight is 415 g/mol. The Kier molecular flexibility index (Phi) is 5.27. The van der Waals surface area contributed by atoms with E-state index in [-0.39, 0.29) is 23.3 Å². The van der Waals surface area contributed by atoms with E-state index in [9.17, 15) is 14.7 Å². The molecule has 0 radical (unpaired) electrons. The van der Waals surface area contributed by atoms with E-state index in [1.165, 1.54) is 11.2 Å². The molecule has 1 aliphatic heterocycles. The van der Waals surface area contributed by atoms with E-state index in [1.54, 1.807) is 36.4 Å². The summed E-state index contributed by atoms with van der Waals surface area (Å²) in [4.78, 5) is 27.5. The summed E-state index contributed by atoms with van der Waals surface area (Å²) in [7, 11) is 0. The second kappa shape index (κ2) is 7.91. The van der Waals surface area contributed by atoms with Crippen LogP contribution < -0.4 is 0 Å². The fourth-order valence-electron chi connectivity index (χ4n) is 3.88. The summed E-state index contributed by atoms with van der Waals surface area (Å²) in [5, 5.41) is 11.0. The Bertz CT molecular complexity index is 1120. The van der Waals surface area contributed by atoms with Gasteiger partial charge in [0.05, 0.1) is 24.4 Å². The zero-order valence-electron chi connectivity index (χ0n) is 17.8. The predicted molar refractivity (Wildman–Crippen MR) is 118 cm³/mol. The Labute approximate surface area is 181 Å². The smallest absolute Gasteiger partial charge is 0.296 e. The van der Waals surface area contributed by atoms with Gasteiger partial charge in [-0.3, -0.25) is 9.59 Å². The molecular formula is C26H25NO4. The lowest BCUT2D eigenvalue weighted by Crippen LogP contribution is -2.29. The van der Waals surface area contributed by atoms with E-state index in [0.29, 0.717) is 11.3 Å². The van der Waals surface area contributed by atoms with Crippen LogP contribution in [-0.4, -0.2) is 21.7 Å². The van der Waals surface area contributed by atoms with Crippen molar-refractivity contribution in [3.63, 3.8) is 0 Å². The molecule has 4 rings (SSSR count). The normalized spacial score (nSPS) is 18.5. The largest absolute Gasteiger partial charge is 0.507 e. The van der Waals surface area contributed by atoms with Crippen molar-refractivity contribution in [2.75, 3.05) is 0 Å². The van der Waals surface area contributed by atoms with Crippen LogP contribution in [0.2, 0.25) is 0 Å². The number of ketones is 1. The lowest BCUT2D eigenvalue weighted by molar-refractivity contribution is -0.140. The number of hydrogen-bond donors (Lipinski definition) is 1. The van der Waals surface area contributed by atoms with Crippen LogP contribution in [0.4, 0.5) is 0 Å². The summed E-state index contributed by atoms with van der Waals surface area (Å²) < 4.78 is 5.42. The molecule has 1 saturated heterocycles. The zero-order valence-corrected chi connectivity index (χ0v) is 17.8. The molecule has 2 heterocycles. The number of aliphatic hydroxyl groups is 1. The fraction of sp³-hybridized carbons (Fsp3) is 0.231. The number of Topliss-reactive ketones (excluding diaryl/α,β-unsaturated/α-hetero) is 1. The number of likely N-dealkylation sites (tertiary alicyclic amines) is 1. The van der Waals surface area contributed by atoms with Crippen molar-refractivity contribution < 1.29 is 19.1 Å². The van der Waals surface area contributed by atoms with Gasteiger partial charge in [-0.05, 0) is 28.7 Å². The number of amides is 1. The van der Waals surface area contributed by atoms with Crippen molar-refractivity contribution >= 4 is 17.4 Å². The Morgan fingerprint density at radius 3 is 2.23 bits per heavy atom. The van der Waals surface area contributed by atoms with Crippen molar-refractivity contribution in [1.29, 1.82) is 0 Å². The highest BCUT2D eigenvalue weighted by atomic mass is 16.3. The van der Waals surface area contributed by atoms with Gasteiger partial charge in [0.2, 0.25) is 0 Å². The number of furan rings is 1. The first kappa shape index (κ1) is 20.7. The molecule has 0 aliphatic carbocycles. The molecule has 2 aromatic carbocycles. The van der Waals surface area contributed by atoms with Gasteiger partial charge >= 0.3 is 0 Å². The van der Waals surface area contributed by atoms with Gasteiger partial charge < -0.3 is 14.4 Å². The van der Waals surface area contributed by atoms with Crippen molar-refractivity contribution in [2.24, 2.45) is 0 Å². The van der Waals surface area contributed by atoms with Gasteiger partial charge in [-0.1, -0.05) is 75.4 Å². The standard InChI is InChI=1S/C26H25NO4/c1-26(2,3)19-13-11-17(12-14-19)22-21(23(28)18-8-5-4-6-9-18)24(29)25(30)27(22)16-20-10-7-15-31-20/h4-15,22,28H,16H2,1-3H3/b23-21-. The number of carbonyl (C=O) groups is 2. The fourth-order valence-corrected chi connectivity index (χ4v) is 3.88. The summed E-state index contributed by atoms with van der Waals surface area (Å²) in [6.07, 6.45) is 1.53. The van der Waals surface area contributed by atoms with E-state index in [4.69, 9.17) is 4.42 Å². The second-order valence-corrected chi connectivity index (χ2v) is 8.74. The van der Waals surface area contributed by atoms with Gasteiger partial charge in [-0.25, -0.2) is 0 Å². The molecule has 1 N–H and O–H groups in total. The molecule has 5 nitrogen and oxygen atoms in total. The van der Waals surface area contributed by atoms with Crippen LogP contribution in [0.25, 0.3) is 5.76 Å². The first-order chi connectivity index (χ1) is 14.8. The first-order valence-corrected chi connectivity index (χ1v) is 10.2. The van der Waals surface area contributed by atoms with Gasteiger partial charge in [0.25, 0.3) is 11.7 Å². The minimum Gasteiger partial charge on any atom is -0.507 e. The summed E-state index contributed by atoms with van der Waals surface area (Å²) in [5.74, 6) is -0.958. The van der Waals surface area contributed by atoms with Crippen LogP contribution in [0.1, 0.15) is 49.3 Å². The number of nitrogens with zero attached hydrogens (tertiary/aromatic N) is 1. The van der Waals surface area contributed by atoms with E-state index in [0.717, 1.165) is 11.1 Å². The lowest BCUT2D eigenvalue weighted by Gasteiger charge is -2.26. The van der Waals surface area contributed by atoms with Gasteiger partial charge in [0.1, 0.15) is 11.5 Å². The number of rotatable bonds is 4. The van der Waals surface area contributed by atoms with Crippen molar-refractivity contribution in [3.8, 4) is 0 Å². The summed E-state index contributed by atoms with van der Waals surface area (Å²) >= 11 is 0. The number of benzene rings is 2. The molecule has 1 aliphatic rings. The summed E-state index contributed by atoms with van der Waals surface area (Å²) in [6.45, 7) is 6.51. The van der Waals surface area contributed by atoms with Crippen LogP contribution in [-0.2, 0) is 21.5 Å². The van der Waals surface area contributed by atoms with Crippen molar-refractivity contribution in [3.05, 3.63) is 101 Å². The highest BCUT2D eigenvalue weighted by molar-refractivity contribution is 6.46. The maximum atomic E-state index is 13.0. The van der Waals surface area contributed by atoms with Crippen molar-refractivity contribution in [2.45, 2.75) is 38.8 Å². The topological polar surface area (TPSA) is 70.8 Å². The predicted octanol–water partition coefficient (Wildman–Crippen LogP) is 5.20. The van der Waals surface area contributed by atoms with Crippen LogP contribution in [0.5, 0.6) is 0 Å². The van der Waals surface area contributed by atoms with Crippen LogP contribution in [0.3, 0.4) is 0 Å². The quantitative estimate of drug-likeness (QED) is 0.361. The van der Waals surface area contributed by atoms with Crippen LogP contribution in [0, 0.1) is 0 Å². The van der Waals surface area contributed by atoms with Gasteiger partial charge in [-0.2, -0.15) is 0 Å². The van der Waals surface area contributed by atoms with Crippen LogP contribution in [0.15, 0.2) is 83.0 Å². The van der Waals surface area contributed by atoms with Gasteiger partial charge in [0.15, 0.2) is 0 Å². The summed E-state index contributed by atoms with van der Waals surface area (Å²) in [6, 6.07) is 19.5. The molecule has 31 heavy (non-hydrogen) atoms. The Morgan fingerprint density at radius 1 is 0.968 bits per heavy atom. The molecule has 3 aromatic rings. The molecule has 1 unspecified atom stereocenters. The van der Waals surface area contributed by atoms with E-state index in [2.05, 4.69) is 20.8 Å². The van der Waals surface area contributed by atoms with Crippen LogP contribution >= 0.6 is 0 Å². The Hall–Kier alpha value is -3.60. The van der Waals surface area contributed by atoms with E-state index >= 15 is 0 Å². The Morgan fingerprint density at radius 2 is 1.65 bits per heavy atom. The number of aliphatic hydroxyl groups excluding tert-OH is 1. The number of carbonyl (C=O) groups excluding carboxylic acids is 2. The average Bonchev–Trinajstić information content (AvgIpc) is 3.36. The molecule has 1 fully saturated rings. The SMILES string of the molecule is CC(C)(C)c1ccc(C2/C(=C(/O)c3ccccc3)C(=O)C(=O)N2Cc2ccco2)cc1. The minimum atomic E-state index is -0.709. The third-order valence-electron chi connectivity index (χ3n) is 5.59.